The van der Waals surface area contributed by atoms with E-state index in [1.807, 2.05) is 34.6 Å². The Hall–Kier alpha value is -1.58. The number of nitrogens with two attached hydrogens (primary N) is 1. The number of hydrogen-bond acceptors (Lipinski definition) is 6. The molecule has 3 N–H and O–H groups in total. The van der Waals surface area contributed by atoms with Gasteiger partial charge >= 0.3 is 6.09 Å². The van der Waals surface area contributed by atoms with Crippen molar-refractivity contribution < 1.29 is 22.4 Å². The quantitative estimate of drug-likeness (QED) is 0.714. The van der Waals surface area contributed by atoms with E-state index in [1.165, 1.54) is 6.07 Å². The molecule has 0 bridgehead atoms. The van der Waals surface area contributed by atoms with Crippen molar-refractivity contribution >= 4 is 16.1 Å². The van der Waals surface area contributed by atoms with Crippen molar-refractivity contribution in [2.75, 3.05) is 13.1 Å². The van der Waals surface area contributed by atoms with Gasteiger partial charge in [-0.05, 0) is 46.8 Å². The van der Waals surface area contributed by atoms with Crippen molar-refractivity contribution in [2.24, 2.45) is 5.14 Å². The van der Waals surface area contributed by atoms with Gasteiger partial charge in [-0.2, -0.15) is 0 Å². The summed E-state index contributed by atoms with van der Waals surface area (Å²) in [7, 11) is -3.83. The number of carbonyl (C=O) groups is 1. The Morgan fingerprint density at radius 3 is 2.46 bits per heavy atom. The van der Waals surface area contributed by atoms with Crippen LogP contribution in [0, 0.1) is 0 Å². The maximum atomic E-state index is 12.2. The first kappa shape index (κ1) is 20.5. The standard InChI is InChI=1S/C15H27N3O5S/c1-11(2)18(14(19)23-15(3,4)5)9-8-17-10-12-6-7-13(22-12)24(16,20)21/h6-7,11,17H,8-10H2,1-5H3,(H2,16,20,21). The second-order valence-corrected chi connectivity index (χ2v) is 8.20. The van der Waals surface area contributed by atoms with E-state index in [0.29, 0.717) is 25.4 Å². The first-order chi connectivity index (χ1) is 10.9. The monoisotopic (exact) mass is 361 g/mol. The number of nitrogens with one attached hydrogen (secondary N) is 1. The number of amides is 1. The topological polar surface area (TPSA) is 115 Å². The van der Waals surface area contributed by atoms with Gasteiger partial charge in [0.1, 0.15) is 11.4 Å². The van der Waals surface area contributed by atoms with Crippen LogP contribution in [0.2, 0.25) is 0 Å². The van der Waals surface area contributed by atoms with Gasteiger partial charge in [0.15, 0.2) is 0 Å². The zero-order chi connectivity index (χ0) is 18.5. The normalized spacial score (nSPS) is 12.5. The second kappa shape index (κ2) is 8.00. The molecule has 1 aromatic rings. The lowest BCUT2D eigenvalue weighted by Gasteiger charge is -2.30. The van der Waals surface area contributed by atoms with Crippen molar-refractivity contribution in [1.82, 2.24) is 10.2 Å². The van der Waals surface area contributed by atoms with Crippen molar-refractivity contribution in [2.45, 2.75) is 57.9 Å². The van der Waals surface area contributed by atoms with E-state index in [4.69, 9.17) is 14.3 Å². The van der Waals surface area contributed by atoms with Crippen LogP contribution in [0.3, 0.4) is 0 Å². The summed E-state index contributed by atoms with van der Waals surface area (Å²) >= 11 is 0. The third kappa shape index (κ3) is 6.90. The highest BCUT2D eigenvalue weighted by Gasteiger charge is 2.23. The molecular weight excluding hydrogens is 334 g/mol. The second-order valence-electron chi connectivity index (χ2n) is 6.71. The summed E-state index contributed by atoms with van der Waals surface area (Å²) in [6.45, 7) is 10.6. The molecule has 0 aromatic carbocycles. The summed E-state index contributed by atoms with van der Waals surface area (Å²) in [5.74, 6) is 0.451. The van der Waals surface area contributed by atoms with Crippen LogP contribution in [-0.4, -0.2) is 44.1 Å². The summed E-state index contributed by atoms with van der Waals surface area (Å²) in [6.07, 6.45) is -0.367. The number of primary sulfonamides is 1. The van der Waals surface area contributed by atoms with Crippen molar-refractivity contribution in [3.63, 3.8) is 0 Å². The van der Waals surface area contributed by atoms with Crippen LogP contribution in [0.15, 0.2) is 21.6 Å². The molecule has 24 heavy (non-hydrogen) atoms. The van der Waals surface area contributed by atoms with Crippen LogP contribution >= 0.6 is 0 Å². The zero-order valence-corrected chi connectivity index (χ0v) is 15.6. The molecule has 1 rings (SSSR count). The first-order valence-electron chi connectivity index (χ1n) is 7.72. The number of rotatable bonds is 7. The highest BCUT2D eigenvalue weighted by Crippen LogP contribution is 2.13. The molecule has 0 radical (unpaired) electrons. The number of sulfonamides is 1. The van der Waals surface area contributed by atoms with Crippen LogP contribution in [0.4, 0.5) is 4.79 Å². The lowest BCUT2D eigenvalue weighted by molar-refractivity contribution is 0.0193. The van der Waals surface area contributed by atoms with Gasteiger partial charge in [-0.15, -0.1) is 0 Å². The fourth-order valence-electron chi connectivity index (χ4n) is 1.90. The molecule has 0 spiro atoms. The van der Waals surface area contributed by atoms with E-state index in [-0.39, 0.29) is 17.2 Å². The fraction of sp³-hybridized carbons (Fsp3) is 0.667. The minimum Gasteiger partial charge on any atom is -0.447 e. The Morgan fingerprint density at radius 2 is 2.00 bits per heavy atom. The lowest BCUT2D eigenvalue weighted by Crippen LogP contribution is -2.44. The predicted octanol–water partition coefficient (Wildman–Crippen LogP) is 1.66. The Kier molecular flexibility index (Phi) is 6.82. The first-order valence-corrected chi connectivity index (χ1v) is 9.26. The van der Waals surface area contributed by atoms with Crippen LogP contribution in [0.5, 0.6) is 0 Å². The van der Waals surface area contributed by atoms with Gasteiger partial charge in [-0.1, -0.05) is 0 Å². The van der Waals surface area contributed by atoms with E-state index >= 15 is 0 Å². The van der Waals surface area contributed by atoms with E-state index in [9.17, 15) is 13.2 Å². The van der Waals surface area contributed by atoms with E-state index in [1.54, 1.807) is 11.0 Å². The summed E-state index contributed by atoms with van der Waals surface area (Å²) < 4.78 is 32.8. The number of hydrogen-bond donors (Lipinski definition) is 2. The number of carbonyl (C=O) groups excluding carboxylic acids is 1. The van der Waals surface area contributed by atoms with E-state index < -0.39 is 15.6 Å². The van der Waals surface area contributed by atoms with Gasteiger partial charge in [-0.25, -0.2) is 18.4 Å². The molecule has 0 atom stereocenters. The predicted molar refractivity (Wildman–Crippen MR) is 89.9 cm³/mol. The largest absolute Gasteiger partial charge is 0.447 e. The summed E-state index contributed by atoms with van der Waals surface area (Å²) in [5, 5.41) is 7.81. The van der Waals surface area contributed by atoms with Gasteiger partial charge in [-0.3, -0.25) is 0 Å². The summed E-state index contributed by atoms with van der Waals surface area (Å²) in [5.41, 5.74) is -0.546. The molecule has 8 nitrogen and oxygen atoms in total. The molecule has 138 valence electrons. The average Bonchev–Trinajstić information content (AvgIpc) is 2.84. The van der Waals surface area contributed by atoms with Gasteiger partial charge in [0.2, 0.25) is 5.09 Å². The van der Waals surface area contributed by atoms with Crippen molar-refractivity contribution in [3.8, 4) is 0 Å². The molecule has 0 unspecified atom stereocenters. The van der Waals surface area contributed by atoms with Crippen molar-refractivity contribution in [3.05, 3.63) is 17.9 Å². The Bertz CT molecular complexity index is 646. The zero-order valence-electron chi connectivity index (χ0n) is 14.8. The Labute approximate surface area is 143 Å². The van der Waals surface area contributed by atoms with E-state index in [0.717, 1.165) is 0 Å². The van der Waals surface area contributed by atoms with Gasteiger partial charge in [0, 0.05) is 19.1 Å². The fourth-order valence-corrected chi connectivity index (χ4v) is 2.38. The third-order valence-corrected chi connectivity index (χ3v) is 3.78. The van der Waals surface area contributed by atoms with Gasteiger partial charge in [0.25, 0.3) is 10.0 Å². The molecule has 1 aromatic heterocycles. The molecule has 0 aliphatic carbocycles. The molecule has 0 aliphatic rings. The number of furan rings is 1. The summed E-state index contributed by atoms with van der Waals surface area (Å²) in [4.78, 5) is 13.8. The highest BCUT2D eigenvalue weighted by atomic mass is 32.2. The molecule has 1 amide bonds. The smallest absolute Gasteiger partial charge is 0.410 e. The SMILES string of the molecule is CC(C)N(CCNCc1ccc(S(N)(=O)=O)o1)C(=O)OC(C)(C)C. The van der Waals surface area contributed by atoms with Crippen LogP contribution in [0.25, 0.3) is 0 Å². The average molecular weight is 361 g/mol. The Balaban J connectivity index is 2.49. The minimum atomic E-state index is -3.83. The van der Waals surface area contributed by atoms with Gasteiger partial charge < -0.3 is 19.4 Å². The molecule has 0 saturated carbocycles. The van der Waals surface area contributed by atoms with Crippen LogP contribution in [-0.2, 0) is 21.3 Å². The molecule has 0 saturated heterocycles. The van der Waals surface area contributed by atoms with Crippen molar-refractivity contribution in [1.29, 1.82) is 0 Å². The Morgan fingerprint density at radius 1 is 1.38 bits per heavy atom. The highest BCUT2D eigenvalue weighted by molar-refractivity contribution is 7.89. The third-order valence-electron chi connectivity index (χ3n) is 3.00. The van der Waals surface area contributed by atoms with Crippen LogP contribution in [0.1, 0.15) is 40.4 Å². The van der Waals surface area contributed by atoms with Gasteiger partial charge in [0.05, 0.1) is 6.54 Å². The van der Waals surface area contributed by atoms with Crippen LogP contribution < -0.4 is 10.5 Å². The molecule has 0 aliphatic heterocycles. The molecule has 9 heteroatoms. The minimum absolute atomic E-state index is 0.000696. The summed E-state index contributed by atoms with van der Waals surface area (Å²) in [6, 6.07) is 2.85. The number of ether oxygens (including phenoxy) is 1. The maximum Gasteiger partial charge on any atom is 0.410 e. The van der Waals surface area contributed by atoms with E-state index in [2.05, 4.69) is 5.32 Å². The lowest BCUT2D eigenvalue weighted by atomic mass is 10.2. The molecule has 1 heterocycles. The maximum absolute atomic E-state index is 12.2. The molecular formula is C15H27N3O5S. The molecule has 0 fully saturated rings. The number of nitrogens with zero attached hydrogens (tertiary/aromatic N) is 1.